The van der Waals surface area contributed by atoms with Crippen molar-refractivity contribution in [3.63, 3.8) is 0 Å². The second-order valence-corrected chi connectivity index (χ2v) is 6.65. The maximum Gasteiger partial charge on any atom is 0.476 e. The Morgan fingerprint density at radius 1 is 1.27 bits per heavy atom. The summed E-state index contributed by atoms with van der Waals surface area (Å²) in [7, 11) is -4.57. The van der Waals surface area contributed by atoms with Crippen LogP contribution in [0, 0.1) is 0 Å². The molecule has 0 amide bonds. The third-order valence-corrected chi connectivity index (χ3v) is 3.37. The zero-order valence-electron chi connectivity index (χ0n) is 8.69. The standard InChI is InChI=1S/C5H15NO7P2/c1-6(2,3)4-5-12-15(10,11)13-14(7,8)9/h4-5H2,1-3H3,(H2-,7,8,9,10,11). The van der Waals surface area contributed by atoms with Crippen molar-refractivity contribution in [2.75, 3.05) is 34.3 Å². The number of hydrogen-bond donors (Lipinski definition) is 2. The van der Waals surface area contributed by atoms with Crippen molar-refractivity contribution in [1.29, 1.82) is 0 Å². The van der Waals surface area contributed by atoms with Crippen LogP contribution in [0.3, 0.4) is 0 Å². The van der Waals surface area contributed by atoms with Crippen LogP contribution in [-0.2, 0) is 18.0 Å². The van der Waals surface area contributed by atoms with Gasteiger partial charge in [0.05, 0.1) is 21.1 Å². The van der Waals surface area contributed by atoms with Crippen molar-refractivity contribution in [1.82, 2.24) is 0 Å². The van der Waals surface area contributed by atoms with Crippen molar-refractivity contribution < 1.29 is 37.1 Å². The molecular weight excluding hydrogens is 248 g/mol. The van der Waals surface area contributed by atoms with Gasteiger partial charge in [0.2, 0.25) is 0 Å². The molecule has 0 rings (SSSR count). The first-order valence-corrected chi connectivity index (χ1v) is 6.93. The fourth-order valence-corrected chi connectivity index (χ4v) is 2.12. The molecule has 0 aromatic carbocycles. The number of rotatable bonds is 6. The highest BCUT2D eigenvalue weighted by Gasteiger charge is 2.24. The summed E-state index contributed by atoms with van der Waals surface area (Å²) < 4.78 is 29.2. The summed E-state index contributed by atoms with van der Waals surface area (Å²) in [5.41, 5.74) is 0. The average molecular weight is 263 g/mol. The maximum absolute atomic E-state index is 10.8. The van der Waals surface area contributed by atoms with Crippen LogP contribution in [-0.4, -0.2) is 48.6 Å². The Hall–Kier alpha value is 0.220. The van der Waals surface area contributed by atoms with Crippen LogP contribution < -0.4 is 4.89 Å². The molecular formula is C5H15NO7P2. The minimum Gasteiger partial charge on any atom is -0.756 e. The van der Waals surface area contributed by atoms with Crippen molar-refractivity contribution in [3.8, 4) is 0 Å². The lowest BCUT2D eigenvalue weighted by Gasteiger charge is -2.27. The molecule has 0 fully saturated rings. The molecule has 0 heterocycles. The Morgan fingerprint density at radius 3 is 2.07 bits per heavy atom. The van der Waals surface area contributed by atoms with E-state index in [9.17, 15) is 14.0 Å². The second kappa shape index (κ2) is 5.03. The Bertz CT molecular complexity index is 292. The lowest BCUT2D eigenvalue weighted by molar-refractivity contribution is -0.870. The first-order chi connectivity index (χ1) is 6.41. The van der Waals surface area contributed by atoms with Gasteiger partial charge in [0.25, 0.3) is 7.82 Å². The molecule has 0 aliphatic rings. The van der Waals surface area contributed by atoms with E-state index in [2.05, 4.69) is 8.83 Å². The van der Waals surface area contributed by atoms with Gasteiger partial charge in [0.15, 0.2) is 0 Å². The largest absolute Gasteiger partial charge is 0.756 e. The third-order valence-electron chi connectivity index (χ3n) is 1.22. The van der Waals surface area contributed by atoms with Gasteiger partial charge < -0.3 is 23.7 Å². The molecule has 10 heteroatoms. The number of phosphoric ester groups is 1. The molecule has 0 aliphatic carbocycles. The van der Waals surface area contributed by atoms with Gasteiger partial charge in [-0.25, -0.2) is 8.88 Å². The van der Waals surface area contributed by atoms with E-state index in [-0.39, 0.29) is 6.61 Å². The Balaban J connectivity index is 4.07. The SMILES string of the molecule is C[N+](C)(C)CCOP(=O)([O-])OP(=O)(O)O. The predicted octanol–water partition coefficient (Wildman–Crippen LogP) is -0.713. The van der Waals surface area contributed by atoms with Crippen LogP contribution in [0.5, 0.6) is 0 Å². The molecule has 0 aromatic heterocycles. The van der Waals surface area contributed by atoms with Crippen LogP contribution in [0.25, 0.3) is 0 Å². The number of nitrogens with zero attached hydrogens (tertiary/aromatic N) is 1. The van der Waals surface area contributed by atoms with E-state index in [4.69, 9.17) is 9.79 Å². The lowest BCUT2D eigenvalue weighted by Crippen LogP contribution is -2.37. The molecule has 0 aliphatic heterocycles. The highest BCUT2D eigenvalue weighted by molar-refractivity contribution is 7.60. The third kappa shape index (κ3) is 10.5. The molecule has 92 valence electrons. The van der Waals surface area contributed by atoms with Crippen LogP contribution in [0.2, 0.25) is 0 Å². The van der Waals surface area contributed by atoms with Gasteiger partial charge in [-0.05, 0) is 0 Å². The van der Waals surface area contributed by atoms with E-state index in [1.54, 1.807) is 0 Å². The van der Waals surface area contributed by atoms with Crippen molar-refractivity contribution >= 4 is 15.6 Å². The van der Waals surface area contributed by atoms with Crippen LogP contribution in [0.15, 0.2) is 0 Å². The zero-order valence-corrected chi connectivity index (χ0v) is 10.5. The molecule has 1 atom stereocenters. The predicted molar refractivity (Wildman–Crippen MR) is 49.6 cm³/mol. The van der Waals surface area contributed by atoms with E-state index in [0.29, 0.717) is 11.0 Å². The van der Waals surface area contributed by atoms with Crippen LogP contribution in [0.1, 0.15) is 0 Å². The van der Waals surface area contributed by atoms with Crippen molar-refractivity contribution in [2.45, 2.75) is 0 Å². The van der Waals surface area contributed by atoms with Gasteiger partial charge in [-0.15, -0.1) is 0 Å². The summed E-state index contributed by atoms with van der Waals surface area (Å²) in [5.74, 6) is 0. The molecule has 0 aromatic rings. The fraction of sp³-hybridized carbons (Fsp3) is 1.00. The van der Waals surface area contributed by atoms with E-state index >= 15 is 0 Å². The van der Waals surface area contributed by atoms with Crippen LogP contribution in [0.4, 0.5) is 0 Å². The molecule has 0 spiro atoms. The molecule has 0 saturated heterocycles. The van der Waals surface area contributed by atoms with E-state index in [1.807, 2.05) is 21.1 Å². The van der Waals surface area contributed by atoms with Gasteiger partial charge in [-0.3, -0.25) is 4.57 Å². The smallest absolute Gasteiger partial charge is 0.476 e. The number of quaternary nitrogens is 1. The Morgan fingerprint density at radius 2 is 1.73 bits per heavy atom. The number of phosphoric acid groups is 2. The molecule has 1 unspecified atom stereocenters. The first-order valence-electron chi connectivity index (χ1n) is 3.94. The first kappa shape index (κ1) is 15.2. The number of hydrogen-bond acceptors (Lipinski definition) is 5. The summed E-state index contributed by atoms with van der Waals surface area (Å²) in [5, 5.41) is 0. The fourth-order valence-electron chi connectivity index (χ4n) is 0.580. The molecule has 0 bridgehead atoms. The van der Waals surface area contributed by atoms with Gasteiger partial charge in [-0.1, -0.05) is 0 Å². The van der Waals surface area contributed by atoms with E-state index in [0.717, 1.165) is 0 Å². The minimum absolute atomic E-state index is 0.204. The van der Waals surface area contributed by atoms with Gasteiger partial charge in [-0.2, -0.15) is 0 Å². The van der Waals surface area contributed by atoms with E-state index < -0.39 is 15.6 Å². The maximum atomic E-state index is 10.8. The highest BCUT2D eigenvalue weighted by Crippen LogP contribution is 2.54. The van der Waals surface area contributed by atoms with Gasteiger partial charge >= 0.3 is 7.82 Å². The molecule has 2 N–H and O–H groups in total. The molecule has 0 radical (unpaired) electrons. The quantitative estimate of drug-likeness (QED) is 0.480. The Kier molecular flexibility index (Phi) is 5.11. The van der Waals surface area contributed by atoms with Crippen LogP contribution >= 0.6 is 15.6 Å². The molecule has 15 heavy (non-hydrogen) atoms. The normalized spacial score (nSPS) is 17.5. The van der Waals surface area contributed by atoms with E-state index in [1.165, 1.54) is 0 Å². The van der Waals surface area contributed by atoms with Gasteiger partial charge in [0.1, 0.15) is 13.2 Å². The summed E-state index contributed by atoms with van der Waals surface area (Å²) >= 11 is 0. The molecule has 0 saturated carbocycles. The number of likely N-dealkylation sites (N-methyl/N-ethyl adjacent to an activating group) is 1. The topological polar surface area (TPSA) is 116 Å². The van der Waals surface area contributed by atoms with Gasteiger partial charge in [0, 0.05) is 0 Å². The van der Waals surface area contributed by atoms with Crippen molar-refractivity contribution in [2.24, 2.45) is 0 Å². The highest BCUT2D eigenvalue weighted by atomic mass is 31.3. The van der Waals surface area contributed by atoms with Crippen molar-refractivity contribution in [3.05, 3.63) is 0 Å². The molecule has 8 nitrogen and oxygen atoms in total. The summed E-state index contributed by atoms with van der Waals surface area (Å²) in [6.07, 6.45) is 0. The summed E-state index contributed by atoms with van der Waals surface area (Å²) in [4.78, 5) is 27.3. The Labute approximate surface area is 87.9 Å². The second-order valence-electron chi connectivity index (χ2n) is 3.87. The summed E-state index contributed by atoms with van der Waals surface area (Å²) in [6, 6.07) is 0. The zero-order chi connectivity index (χ0) is 12.3. The average Bonchev–Trinajstić information content (AvgIpc) is 1.75. The monoisotopic (exact) mass is 263 g/mol. The minimum atomic E-state index is -5.07. The lowest BCUT2D eigenvalue weighted by atomic mass is 10.5. The summed E-state index contributed by atoms with van der Waals surface area (Å²) in [6.45, 7) is 0.154.